The maximum absolute atomic E-state index is 5.40. The summed E-state index contributed by atoms with van der Waals surface area (Å²) in [5.41, 5.74) is 1.03. The van der Waals surface area contributed by atoms with Crippen molar-refractivity contribution in [2.75, 3.05) is 7.11 Å². The van der Waals surface area contributed by atoms with Gasteiger partial charge >= 0.3 is 0 Å². The van der Waals surface area contributed by atoms with E-state index in [0.29, 0.717) is 0 Å². The van der Waals surface area contributed by atoms with Crippen LogP contribution in [0.4, 0.5) is 0 Å². The minimum Gasteiger partial charge on any atom is -0.493 e. The maximum Gasteiger partial charge on any atom is 0.175 e. The highest BCUT2D eigenvalue weighted by molar-refractivity contribution is 5.64. The van der Waals surface area contributed by atoms with Crippen LogP contribution >= 0.6 is 0 Å². The fourth-order valence-corrected chi connectivity index (χ4v) is 1.26. The van der Waals surface area contributed by atoms with Gasteiger partial charge in [-0.05, 0) is 12.1 Å². The summed E-state index contributed by atoms with van der Waals surface area (Å²) in [6.45, 7) is 0. The Morgan fingerprint density at radius 3 is 3.00 bits per heavy atom. The molecule has 0 amide bonds. The molecule has 0 unspecified atom stereocenters. The van der Waals surface area contributed by atoms with Gasteiger partial charge in [0.05, 0.1) is 13.4 Å². The van der Waals surface area contributed by atoms with Crippen LogP contribution in [0.2, 0.25) is 0 Å². The van der Waals surface area contributed by atoms with Crippen LogP contribution in [0.5, 0.6) is 11.5 Å². The third-order valence-corrected chi connectivity index (χ3v) is 1.88. The first-order valence-electron chi connectivity index (χ1n) is 4.08. The van der Waals surface area contributed by atoms with Crippen LogP contribution in [-0.2, 0) is 0 Å². The van der Waals surface area contributed by atoms with Gasteiger partial charge in [-0.3, -0.25) is 0 Å². The second kappa shape index (κ2) is 3.35. The molecule has 1 aliphatic rings. The van der Waals surface area contributed by atoms with E-state index in [1.807, 2.05) is 36.4 Å². The van der Waals surface area contributed by atoms with Gasteiger partial charge in [-0.2, -0.15) is 0 Å². The van der Waals surface area contributed by atoms with Crippen LogP contribution in [0.25, 0.3) is 6.08 Å². The molecule has 1 heterocycles. The maximum atomic E-state index is 5.40. The van der Waals surface area contributed by atoms with Crippen molar-refractivity contribution in [1.82, 2.24) is 0 Å². The number of para-hydroxylation sites is 1. The quantitative estimate of drug-likeness (QED) is 0.651. The van der Waals surface area contributed by atoms with Gasteiger partial charge in [0, 0.05) is 5.56 Å². The van der Waals surface area contributed by atoms with Crippen LogP contribution in [0.1, 0.15) is 5.56 Å². The summed E-state index contributed by atoms with van der Waals surface area (Å²) in [4.78, 5) is 0. The molecule has 1 aromatic rings. The lowest BCUT2D eigenvalue weighted by atomic mass is 10.2. The molecule has 0 N–H and O–H groups in total. The van der Waals surface area contributed by atoms with E-state index in [0.717, 1.165) is 17.1 Å². The molecule has 0 atom stereocenters. The van der Waals surface area contributed by atoms with Gasteiger partial charge in [0.25, 0.3) is 0 Å². The van der Waals surface area contributed by atoms with Crippen LogP contribution < -0.4 is 9.47 Å². The van der Waals surface area contributed by atoms with Gasteiger partial charge in [0.15, 0.2) is 11.5 Å². The summed E-state index contributed by atoms with van der Waals surface area (Å²) in [5.74, 6) is 1.53. The lowest BCUT2D eigenvalue weighted by molar-refractivity contribution is 0.378. The van der Waals surface area contributed by atoms with Crippen molar-refractivity contribution < 1.29 is 9.47 Å². The molecule has 0 aliphatic carbocycles. The first-order valence-corrected chi connectivity index (χ1v) is 4.08. The number of ether oxygens (including phenoxy) is 2. The molecule has 2 heteroatoms. The fraction of sp³-hybridized carbons (Fsp3) is 0.0909. The van der Waals surface area contributed by atoms with Crippen LogP contribution in [0.15, 0.2) is 36.6 Å². The molecule has 0 saturated heterocycles. The molecule has 1 aliphatic heterocycles. The Balaban J connectivity index is 2.54. The summed E-state index contributed by atoms with van der Waals surface area (Å²) in [6.07, 6.45) is 7.41. The lowest BCUT2D eigenvalue weighted by Crippen LogP contribution is -1.90. The summed E-state index contributed by atoms with van der Waals surface area (Å²) in [7, 11) is 1.64. The van der Waals surface area contributed by atoms with Crippen LogP contribution in [-0.4, -0.2) is 7.11 Å². The zero-order valence-electron chi connectivity index (χ0n) is 7.36. The molecule has 0 saturated carbocycles. The number of methoxy groups -OCH3 is 1. The van der Waals surface area contributed by atoms with Crippen molar-refractivity contribution in [3.8, 4) is 11.5 Å². The summed E-state index contributed by atoms with van der Waals surface area (Å²) in [5, 5.41) is 0. The van der Waals surface area contributed by atoms with Crippen molar-refractivity contribution in [2.45, 2.75) is 0 Å². The number of hydrogen-bond donors (Lipinski definition) is 0. The molecule has 0 aromatic heterocycles. The third kappa shape index (κ3) is 1.43. The second-order valence-corrected chi connectivity index (χ2v) is 2.68. The number of hydrogen-bond acceptors (Lipinski definition) is 2. The average Bonchev–Trinajstić information content (AvgIpc) is 2.41. The molecule has 2 rings (SSSR count). The minimum absolute atomic E-state index is 0.758. The first-order chi connectivity index (χ1) is 6.42. The fourth-order valence-electron chi connectivity index (χ4n) is 1.26. The second-order valence-electron chi connectivity index (χ2n) is 2.68. The zero-order valence-corrected chi connectivity index (χ0v) is 7.36. The Kier molecular flexibility index (Phi) is 2.04. The molecule has 1 aromatic carbocycles. The van der Waals surface area contributed by atoms with Gasteiger partial charge in [-0.15, -0.1) is 0 Å². The van der Waals surface area contributed by atoms with E-state index in [-0.39, 0.29) is 0 Å². The summed E-state index contributed by atoms with van der Waals surface area (Å²) >= 11 is 0. The Labute approximate surface area is 77.1 Å². The van der Waals surface area contributed by atoms with Gasteiger partial charge in [-0.25, -0.2) is 0 Å². The van der Waals surface area contributed by atoms with E-state index in [9.17, 15) is 0 Å². The van der Waals surface area contributed by atoms with Gasteiger partial charge in [0.1, 0.15) is 0 Å². The molecule has 2 nitrogen and oxygen atoms in total. The molecular formula is C11H10O2. The smallest absolute Gasteiger partial charge is 0.175 e. The van der Waals surface area contributed by atoms with Gasteiger partial charge < -0.3 is 9.47 Å². The van der Waals surface area contributed by atoms with E-state index in [2.05, 4.69) is 0 Å². The van der Waals surface area contributed by atoms with E-state index >= 15 is 0 Å². The molecule has 0 bridgehead atoms. The van der Waals surface area contributed by atoms with Crippen molar-refractivity contribution in [2.24, 2.45) is 0 Å². The third-order valence-electron chi connectivity index (χ3n) is 1.88. The first kappa shape index (κ1) is 7.92. The van der Waals surface area contributed by atoms with Crippen LogP contribution in [0, 0.1) is 0 Å². The molecule has 0 fully saturated rings. The summed E-state index contributed by atoms with van der Waals surface area (Å²) in [6, 6.07) is 5.81. The molecule has 0 radical (unpaired) electrons. The largest absolute Gasteiger partial charge is 0.493 e. The molecule has 13 heavy (non-hydrogen) atoms. The topological polar surface area (TPSA) is 18.5 Å². The Morgan fingerprint density at radius 1 is 1.23 bits per heavy atom. The highest BCUT2D eigenvalue weighted by atomic mass is 16.5. The van der Waals surface area contributed by atoms with Gasteiger partial charge in [-0.1, -0.05) is 24.3 Å². The Morgan fingerprint density at radius 2 is 2.15 bits per heavy atom. The van der Waals surface area contributed by atoms with Crippen molar-refractivity contribution in [3.05, 3.63) is 42.2 Å². The highest BCUT2D eigenvalue weighted by Gasteiger charge is 2.07. The molecule has 66 valence electrons. The molecule has 0 spiro atoms. The van der Waals surface area contributed by atoms with E-state index in [1.165, 1.54) is 0 Å². The SMILES string of the molecule is COc1cccc2c1OC=CC=C2. The number of fused-ring (bicyclic) bond motifs is 1. The number of allylic oxidation sites excluding steroid dienone is 2. The normalized spacial score (nSPS) is 13.0. The van der Waals surface area contributed by atoms with Crippen LogP contribution in [0.3, 0.4) is 0 Å². The van der Waals surface area contributed by atoms with Crippen molar-refractivity contribution >= 4 is 6.08 Å². The van der Waals surface area contributed by atoms with Crippen molar-refractivity contribution in [1.29, 1.82) is 0 Å². The lowest BCUT2D eigenvalue weighted by Gasteiger charge is -2.08. The number of rotatable bonds is 1. The minimum atomic E-state index is 0.758. The predicted molar refractivity (Wildman–Crippen MR) is 51.8 cm³/mol. The molecular weight excluding hydrogens is 164 g/mol. The predicted octanol–water partition coefficient (Wildman–Crippen LogP) is 2.61. The standard InChI is InChI=1S/C11H10O2/c1-12-10-7-4-6-9-5-2-3-8-13-11(9)10/h2-8H,1H3. The number of benzene rings is 1. The van der Waals surface area contributed by atoms with E-state index < -0.39 is 0 Å². The monoisotopic (exact) mass is 174 g/mol. The Bertz CT molecular complexity index is 364. The zero-order chi connectivity index (χ0) is 9.10. The summed E-state index contributed by atoms with van der Waals surface area (Å²) < 4.78 is 10.6. The average molecular weight is 174 g/mol. The van der Waals surface area contributed by atoms with Gasteiger partial charge in [0.2, 0.25) is 0 Å². The highest BCUT2D eigenvalue weighted by Crippen LogP contribution is 2.32. The Hall–Kier alpha value is -1.70. The van der Waals surface area contributed by atoms with Crippen molar-refractivity contribution in [3.63, 3.8) is 0 Å². The van der Waals surface area contributed by atoms with E-state index in [1.54, 1.807) is 13.4 Å². The van der Waals surface area contributed by atoms with E-state index in [4.69, 9.17) is 9.47 Å².